The number of hydrogen-bond acceptors (Lipinski definition) is 3. The Labute approximate surface area is 122 Å². The number of nitrogens with one attached hydrogen (secondary N) is 1. The Hall–Kier alpha value is -1.90. The second kappa shape index (κ2) is 9.08. The van der Waals surface area contributed by atoms with Gasteiger partial charge in [-0.2, -0.15) is 0 Å². The number of nitrogens with zero attached hydrogens (tertiary/aromatic N) is 2. The second-order valence-electron chi connectivity index (χ2n) is 4.46. The highest BCUT2D eigenvalue weighted by Gasteiger charge is 2.08. The van der Waals surface area contributed by atoms with Crippen LogP contribution in [-0.4, -0.2) is 16.5 Å². The zero-order valence-corrected chi connectivity index (χ0v) is 13.0. The minimum Gasteiger partial charge on any atom is -0.370 e. The maximum Gasteiger partial charge on any atom is 0.129 e. The van der Waals surface area contributed by atoms with Gasteiger partial charge in [0.25, 0.3) is 0 Å². The minimum absolute atomic E-state index is 1.07. The molecule has 0 unspecified atom stereocenters. The highest BCUT2D eigenvalue weighted by molar-refractivity contribution is 5.46. The lowest BCUT2D eigenvalue weighted by Crippen LogP contribution is -2.13. The molecule has 0 bridgehead atoms. The normalized spacial score (nSPS) is 11.8. The Kier molecular flexibility index (Phi) is 7.33. The molecular weight excluding hydrogens is 246 g/mol. The molecule has 1 aliphatic heterocycles. The number of aromatic nitrogens is 2. The van der Waals surface area contributed by atoms with Crippen LogP contribution in [0.15, 0.2) is 36.5 Å². The lowest BCUT2D eigenvalue weighted by atomic mass is 10.1. The number of rotatable bonds is 0. The Morgan fingerprint density at radius 2 is 1.80 bits per heavy atom. The Morgan fingerprint density at radius 3 is 2.40 bits per heavy atom. The molecule has 3 rings (SSSR count). The molecule has 3 heterocycles. The van der Waals surface area contributed by atoms with E-state index in [4.69, 9.17) is 0 Å². The van der Waals surface area contributed by atoms with Gasteiger partial charge < -0.3 is 5.32 Å². The molecule has 0 aliphatic carbocycles. The molecule has 3 nitrogen and oxygen atoms in total. The molecule has 0 saturated heterocycles. The van der Waals surface area contributed by atoms with E-state index in [0.717, 1.165) is 23.8 Å². The van der Waals surface area contributed by atoms with Crippen molar-refractivity contribution in [3.8, 4) is 0 Å². The van der Waals surface area contributed by atoms with Crippen LogP contribution in [-0.2, 0) is 6.42 Å². The molecule has 0 atom stereocenters. The molecule has 0 spiro atoms. The fraction of sp³-hybridized carbons (Fsp3) is 0.412. The van der Waals surface area contributed by atoms with E-state index >= 15 is 0 Å². The smallest absolute Gasteiger partial charge is 0.129 e. The number of aryl methyl sites for hydroxylation is 3. The molecule has 1 N–H and O–H groups in total. The summed E-state index contributed by atoms with van der Waals surface area (Å²) in [6, 6.07) is 10.1. The Bertz CT molecular complexity index is 495. The van der Waals surface area contributed by atoms with Crippen molar-refractivity contribution < 1.29 is 0 Å². The van der Waals surface area contributed by atoms with Gasteiger partial charge in [0.15, 0.2) is 0 Å². The molecule has 0 radical (unpaired) electrons. The van der Waals surface area contributed by atoms with Gasteiger partial charge in [-0.1, -0.05) is 26.0 Å². The van der Waals surface area contributed by atoms with Crippen LogP contribution in [0, 0.1) is 13.8 Å². The predicted molar refractivity (Wildman–Crippen MR) is 86.1 cm³/mol. The summed E-state index contributed by atoms with van der Waals surface area (Å²) in [7, 11) is 0. The molecule has 0 amide bonds. The van der Waals surface area contributed by atoms with Crippen molar-refractivity contribution >= 4 is 5.82 Å². The van der Waals surface area contributed by atoms with E-state index in [1.165, 1.54) is 18.4 Å². The summed E-state index contributed by atoms with van der Waals surface area (Å²) in [5.41, 5.74) is 3.53. The average Bonchev–Trinajstić information content (AvgIpc) is 2.50. The van der Waals surface area contributed by atoms with E-state index in [0.29, 0.717) is 0 Å². The summed E-state index contributed by atoms with van der Waals surface area (Å²) in [6.45, 7) is 9.07. The largest absolute Gasteiger partial charge is 0.370 e. The monoisotopic (exact) mass is 271 g/mol. The summed E-state index contributed by atoms with van der Waals surface area (Å²) in [5, 5.41) is 3.29. The lowest BCUT2D eigenvalue weighted by Gasteiger charge is -2.16. The van der Waals surface area contributed by atoms with Crippen LogP contribution < -0.4 is 5.32 Å². The van der Waals surface area contributed by atoms with Gasteiger partial charge in [-0.05, 0) is 50.5 Å². The molecule has 3 heteroatoms. The number of anilines is 1. The van der Waals surface area contributed by atoms with Crippen LogP contribution in [0.2, 0.25) is 0 Å². The van der Waals surface area contributed by atoms with Crippen molar-refractivity contribution in [3.05, 3.63) is 53.5 Å². The number of pyridine rings is 2. The maximum atomic E-state index is 4.40. The molecule has 0 aromatic carbocycles. The van der Waals surface area contributed by atoms with Crippen LogP contribution in [0.5, 0.6) is 0 Å². The standard InChI is InChI=1S/C9H12N2.C6H7N.C2H6/c1-7-4-5-8-3-2-6-10-9(8)11-7;1-6-4-2-3-5-7-6;1-2/h4-5H,2-3,6H2,1H3,(H,10,11);2-5H,1H3;1-2H3. The van der Waals surface area contributed by atoms with E-state index in [1.54, 1.807) is 6.20 Å². The van der Waals surface area contributed by atoms with Crippen molar-refractivity contribution in [1.82, 2.24) is 9.97 Å². The van der Waals surface area contributed by atoms with Gasteiger partial charge in [0.05, 0.1) is 0 Å². The first-order valence-electron chi connectivity index (χ1n) is 7.34. The molecule has 0 fully saturated rings. The first-order valence-corrected chi connectivity index (χ1v) is 7.34. The molecule has 1 aliphatic rings. The van der Waals surface area contributed by atoms with Crippen molar-refractivity contribution in [2.75, 3.05) is 11.9 Å². The zero-order valence-electron chi connectivity index (χ0n) is 13.0. The first kappa shape index (κ1) is 16.2. The van der Waals surface area contributed by atoms with Gasteiger partial charge in [0.1, 0.15) is 5.82 Å². The summed E-state index contributed by atoms with van der Waals surface area (Å²) in [5.74, 6) is 1.09. The second-order valence-corrected chi connectivity index (χ2v) is 4.46. The number of hydrogen-bond donors (Lipinski definition) is 1. The van der Waals surface area contributed by atoms with Gasteiger partial charge in [0, 0.05) is 24.1 Å². The van der Waals surface area contributed by atoms with Crippen LogP contribution in [0.25, 0.3) is 0 Å². The van der Waals surface area contributed by atoms with Crippen molar-refractivity contribution in [2.45, 2.75) is 40.5 Å². The molecule has 2 aromatic heterocycles. The fourth-order valence-electron chi connectivity index (χ4n) is 1.87. The zero-order chi connectivity index (χ0) is 14.8. The highest BCUT2D eigenvalue weighted by atomic mass is 15.0. The van der Waals surface area contributed by atoms with Crippen LogP contribution in [0.1, 0.15) is 37.2 Å². The van der Waals surface area contributed by atoms with Gasteiger partial charge in [-0.15, -0.1) is 0 Å². The molecule has 108 valence electrons. The summed E-state index contributed by atoms with van der Waals surface area (Å²) < 4.78 is 0. The predicted octanol–water partition coefficient (Wildman–Crippen LogP) is 4.16. The highest BCUT2D eigenvalue weighted by Crippen LogP contribution is 2.18. The Morgan fingerprint density at radius 1 is 1.00 bits per heavy atom. The van der Waals surface area contributed by atoms with Crippen LogP contribution in [0.3, 0.4) is 0 Å². The van der Waals surface area contributed by atoms with Gasteiger partial charge in [-0.3, -0.25) is 4.98 Å². The SMILES string of the molecule is CC.Cc1ccc2c(n1)NCCC2.Cc1ccccn1. The van der Waals surface area contributed by atoms with Crippen LogP contribution >= 0.6 is 0 Å². The third-order valence-electron chi connectivity index (χ3n) is 2.85. The molecule has 0 saturated carbocycles. The third-order valence-corrected chi connectivity index (χ3v) is 2.85. The van der Waals surface area contributed by atoms with E-state index in [9.17, 15) is 0 Å². The summed E-state index contributed by atoms with van der Waals surface area (Å²) in [4.78, 5) is 8.38. The quantitative estimate of drug-likeness (QED) is 0.781. The van der Waals surface area contributed by atoms with E-state index < -0.39 is 0 Å². The average molecular weight is 271 g/mol. The minimum atomic E-state index is 1.07. The Balaban J connectivity index is 0.000000193. The first-order chi connectivity index (χ1) is 9.75. The van der Waals surface area contributed by atoms with Crippen molar-refractivity contribution in [2.24, 2.45) is 0 Å². The van der Waals surface area contributed by atoms with Crippen molar-refractivity contribution in [3.63, 3.8) is 0 Å². The van der Waals surface area contributed by atoms with E-state index in [1.807, 2.05) is 45.9 Å². The number of fused-ring (bicyclic) bond motifs is 1. The van der Waals surface area contributed by atoms with Crippen molar-refractivity contribution in [1.29, 1.82) is 0 Å². The van der Waals surface area contributed by atoms with E-state index in [-0.39, 0.29) is 0 Å². The topological polar surface area (TPSA) is 37.8 Å². The molecule has 20 heavy (non-hydrogen) atoms. The van der Waals surface area contributed by atoms with E-state index in [2.05, 4.69) is 27.4 Å². The lowest BCUT2D eigenvalue weighted by molar-refractivity contribution is 0.815. The fourth-order valence-corrected chi connectivity index (χ4v) is 1.87. The third kappa shape index (κ3) is 5.39. The maximum absolute atomic E-state index is 4.40. The van der Waals surface area contributed by atoms with Crippen LogP contribution in [0.4, 0.5) is 5.82 Å². The van der Waals surface area contributed by atoms with Gasteiger partial charge >= 0.3 is 0 Å². The molecular formula is C17H25N3. The summed E-state index contributed by atoms with van der Waals surface area (Å²) in [6.07, 6.45) is 4.20. The van der Waals surface area contributed by atoms with Gasteiger partial charge in [0.2, 0.25) is 0 Å². The molecule has 2 aromatic rings. The summed E-state index contributed by atoms with van der Waals surface area (Å²) >= 11 is 0. The van der Waals surface area contributed by atoms with Gasteiger partial charge in [-0.25, -0.2) is 4.98 Å².